The zero-order valence-corrected chi connectivity index (χ0v) is 9.99. The summed E-state index contributed by atoms with van der Waals surface area (Å²) in [5.41, 5.74) is 5.58. The van der Waals surface area contributed by atoms with Crippen LogP contribution in [-0.2, 0) is 9.84 Å². The molecule has 1 aliphatic rings. The summed E-state index contributed by atoms with van der Waals surface area (Å²) in [6.45, 7) is 1.60. The van der Waals surface area contributed by atoms with Crippen molar-refractivity contribution in [1.82, 2.24) is 4.37 Å². The average Bonchev–Trinajstić information content (AvgIpc) is 2.90. The van der Waals surface area contributed by atoms with Crippen LogP contribution in [0.2, 0.25) is 0 Å². The lowest BCUT2D eigenvalue weighted by atomic mass is 10.6. The molecule has 1 aromatic rings. The fourth-order valence-electron chi connectivity index (χ4n) is 1.24. The number of hydrogen-bond acceptors (Lipinski definition) is 6. The van der Waals surface area contributed by atoms with Gasteiger partial charge < -0.3 is 11.1 Å². The lowest BCUT2D eigenvalue weighted by molar-refractivity contribution is 0.598. The van der Waals surface area contributed by atoms with Gasteiger partial charge in [-0.3, -0.25) is 0 Å². The lowest BCUT2D eigenvalue weighted by Crippen LogP contribution is -2.10. The summed E-state index contributed by atoms with van der Waals surface area (Å²) in [4.78, 5) is 0.182. The smallest absolute Gasteiger partial charge is 0.184 e. The van der Waals surface area contributed by atoms with Gasteiger partial charge >= 0.3 is 0 Å². The first-order valence-corrected chi connectivity index (χ1v) is 7.21. The van der Waals surface area contributed by atoms with Crippen LogP contribution in [0.25, 0.3) is 0 Å². The third-order valence-corrected chi connectivity index (χ3v) is 4.99. The molecule has 15 heavy (non-hydrogen) atoms. The topological polar surface area (TPSA) is 85.1 Å². The van der Waals surface area contributed by atoms with Gasteiger partial charge in [-0.2, -0.15) is 4.37 Å². The van der Waals surface area contributed by atoms with E-state index in [2.05, 4.69) is 9.69 Å². The Morgan fingerprint density at radius 3 is 2.80 bits per heavy atom. The van der Waals surface area contributed by atoms with Crippen molar-refractivity contribution in [3.05, 3.63) is 0 Å². The largest absolute Gasteiger partial charge is 0.382 e. The minimum absolute atomic E-state index is 0.0506. The molecule has 1 fully saturated rings. The molecule has 0 atom stereocenters. The molecule has 0 aliphatic heterocycles. The number of anilines is 2. The number of nitrogen functional groups attached to an aromatic ring is 1. The number of sulfone groups is 1. The quantitative estimate of drug-likeness (QED) is 0.832. The molecule has 7 heteroatoms. The van der Waals surface area contributed by atoms with E-state index in [0.717, 1.165) is 24.4 Å². The normalized spacial score (nSPS) is 16.6. The van der Waals surface area contributed by atoms with Gasteiger partial charge in [0.15, 0.2) is 15.7 Å². The van der Waals surface area contributed by atoms with Crippen LogP contribution in [0.4, 0.5) is 10.8 Å². The first-order chi connectivity index (χ1) is 7.04. The maximum atomic E-state index is 11.8. The van der Waals surface area contributed by atoms with E-state index >= 15 is 0 Å². The van der Waals surface area contributed by atoms with Gasteiger partial charge in [-0.1, -0.05) is 6.92 Å². The van der Waals surface area contributed by atoms with Crippen molar-refractivity contribution in [2.45, 2.75) is 30.7 Å². The van der Waals surface area contributed by atoms with E-state index < -0.39 is 9.84 Å². The van der Waals surface area contributed by atoms with Crippen LogP contribution in [0.1, 0.15) is 19.8 Å². The summed E-state index contributed by atoms with van der Waals surface area (Å²) in [6.07, 6.45) is 2.17. The summed E-state index contributed by atoms with van der Waals surface area (Å²) < 4.78 is 27.4. The zero-order valence-electron chi connectivity index (χ0n) is 8.36. The highest BCUT2D eigenvalue weighted by Crippen LogP contribution is 2.35. The Balaban J connectivity index is 2.39. The predicted octanol–water partition coefficient (Wildman–Crippen LogP) is 1.09. The molecular formula is C8H13N3O2S2. The Kier molecular flexibility index (Phi) is 2.59. The monoisotopic (exact) mass is 247 g/mol. The van der Waals surface area contributed by atoms with Crippen LogP contribution in [0.3, 0.4) is 0 Å². The van der Waals surface area contributed by atoms with Gasteiger partial charge in [0.05, 0.1) is 5.75 Å². The standard InChI is InChI=1S/C8H13N3O2S2/c1-2-15(12,13)6-7(9)11-14-8(6)10-5-3-4-5/h5,10H,2-4H2,1H3,(H2,9,11). The van der Waals surface area contributed by atoms with Crippen LogP contribution in [0.5, 0.6) is 0 Å². The highest BCUT2D eigenvalue weighted by atomic mass is 32.2. The molecule has 1 saturated carbocycles. The number of nitrogens with one attached hydrogen (secondary N) is 1. The van der Waals surface area contributed by atoms with E-state index in [4.69, 9.17) is 5.73 Å². The second kappa shape index (κ2) is 3.64. The molecule has 1 aromatic heterocycles. The van der Waals surface area contributed by atoms with Crippen LogP contribution in [0, 0.1) is 0 Å². The Bertz CT molecular complexity index is 462. The van der Waals surface area contributed by atoms with Crippen molar-refractivity contribution >= 4 is 32.2 Å². The van der Waals surface area contributed by atoms with Crippen LogP contribution in [0.15, 0.2) is 4.90 Å². The Morgan fingerprint density at radius 1 is 1.60 bits per heavy atom. The minimum atomic E-state index is -3.27. The second-order valence-corrected chi connectivity index (χ2v) is 6.54. The van der Waals surface area contributed by atoms with Crippen molar-refractivity contribution in [2.24, 2.45) is 0 Å². The van der Waals surface area contributed by atoms with Crippen LogP contribution >= 0.6 is 11.5 Å². The van der Waals surface area contributed by atoms with Crippen molar-refractivity contribution < 1.29 is 8.42 Å². The van der Waals surface area contributed by atoms with Gasteiger partial charge in [0.1, 0.15) is 9.90 Å². The molecule has 3 N–H and O–H groups in total. The summed E-state index contributed by atoms with van der Waals surface area (Å²) in [7, 11) is -3.27. The SMILES string of the molecule is CCS(=O)(=O)c1c(N)nsc1NC1CC1. The maximum absolute atomic E-state index is 11.8. The Hall–Kier alpha value is -0.820. The molecule has 0 radical (unpaired) electrons. The molecule has 5 nitrogen and oxygen atoms in total. The molecule has 0 unspecified atom stereocenters. The molecule has 2 rings (SSSR count). The van der Waals surface area contributed by atoms with Crippen LogP contribution in [-0.4, -0.2) is 24.6 Å². The van der Waals surface area contributed by atoms with Gasteiger partial charge in [-0.15, -0.1) is 0 Å². The van der Waals surface area contributed by atoms with Gasteiger partial charge in [0.25, 0.3) is 0 Å². The van der Waals surface area contributed by atoms with E-state index in [1.807, 2.05) is 0 Å². The summed E-state index contributed by atoms with van der Waals surface area (Å²) in [6, 6.07) is 0.399. The van der Waals surface area contributed by atoms with E-state index in [1.54, 1.807) is 6.92 Å². The Morgan fingerprint density at radius 2 is 2.27 bits per heavy atom. The van der Waals surface area contributed by atoms with E-state index in [0.29, 0.717) is 11.0 Å². The van der Waals surface area contributed by atoms with Gasteiger partial charge in [-0.05, 0) is 24.4 Å². The molecule has 0 saturated heterocycles. The molecule has 0 aromatic carbocycles. The first kappa shape index (κ1) is 10.7. The molecular weight excluding hydrogens is 234 g/mol. The van der Waals surface area contributed by atoms with Gasteiger partial charge in [0, 0.05) is 6.04 Å². The van der Waals surface area contributed by atoms with E-state index in [-0.39, 0.29) is 16.5 Å². The van der Waals surface area contributed by atoms with Crippen LogP contribution < -0.4 is 11.1 Å². The lowest BCUT2D eigenvalue weighted by Gasteiger charge is -2.04. The Labute approximate surface area is 92.8 Å². The molecule has 1 aliphatic carbocycles. The average molecular weight is 247 g/mol. The molecule has 0 bridgehead atoms. The van der Waals surface area contributed by atoms with Crippen molar-refractivity contribution in [3.8, 4) is 0 Å². The zero-order chi connectivity index (χ0) is 11.1. The molecule has 84 valence electrons. The molecule has 0 spiro atoms. The molecule has 1 heterocycles. The summed E-state index contributed by atoms with van der Waals surface area (Å²) in [5.74, 6) is 0.166. The van der Waals surface area contributed by atoms with Crippen molar-refractivity contribution in [1.29, 1.82) is 0 Å². The van der Waals surface area contributed by atoms with Gasteiger partial charge in [-0.25, -0.2) is 8.42 Å². The van der Waals surface area contributed by atoms with Gasteiger partial charge in [0.2, 0.25) is 0 Å². The van der Waals surface area contributed by atoms with E-state index in [1.165, 1.54) is 0 Å². The first-order valence-electron chi connectivity index (χ1n) is 4.79. The highest BCUT2D eigenvalue weighted by Gasteiger charge is 2.28. The number of hydrogen-bond donors (Lipinski definition) is 2. The predicted molar refractivity (Wildman–Crippen MR) is 60.9 cm³/mol. The third kappa shape index (κ3) is 2.07. The third-order valence-electron chi connectivity index (χ3n) is 2.28. The fourth-order valence-corrected chi connectivity index (χ4v) is 3.48. The summed E-state index contributed by atoms with van der Waals surface area (Å²) in [5, 5.41) is 3.74. The summed E-state index contributed by atoms with van der Waals surface area (Å²) >= 11 is 1.12. The minimum Gasteiger partial charge on any atom is -0.382 e. The number of rotatable bonds is 4. The van der Waals surface area contributed by atoms with E-state index in [9.17, 15) is 8.42 Å². The fraction of sp³-hybridized carbons (Fsp3) is 0.625. The number of nitrogens with zero attached hydrogens (tertiary/aromatic N) is 1. The highest BCUT2D eigenvalue weighted by molar-refractivity contribution is 7.91. The van der Waals surface area contributed by atoms with Crippen molar-refractivity contribution in [2.75, 3.05) is 16.8 Å². The molecule has 0 amide bonds. The van der Waals surface area contributed by atoms with Crippen molar-refractivity contribution in [3.63, 3.8) is 0 Å². The maximum Gasteiger partial charge on any atom is 0.184 e. The number of nitrogens with two attached hydrogens (primary N) is 1. The number of aromatic nitrogens is 1. The second-order valence-electron chi connectivity index (χ2n) is 3.55.